The number of aryl methyl sites for hydroxylation is 1. The Bertz CT molecular complexity index is 1140. The van der Waals surface area contributed by atoms with Crippen LogP contribution in [0.3, 0.4) is 0 Å². The molecule has 0 atom stereocenters. The smallest absolute Gasteiger partial charge is 0.416 e. The lowest BCUT2D eigenvalue weighted by molar-refractivity contribution is -0.147. The van der Waals surface area contributed by atoms with Gasteiger partial charge in [0.15, 0.2) is 6.61 Å². The number of H-pyrrole nitrogens is 1. The molecule has 3 rings (SSSR count). The van der Waals surface area contributed by atoms with E-state index in [0.29, 0.717) is 29.6 Å². The molecule has 0 fully saturated rings. The van der Waals surface area contributed by atoms with Gasteiger partial charge in [-0.3, -0.25) is 14.4 Å². The molecule has 10 heteroatoms. The van der Waals surface area contributed by atoms with E-state index >= 15 is 0 Å². The average Bonchev–Trinajstić information content (AvgIpc) is 2.72. The molecule has 7 nitrogen and oxygen atoms in total. The van der Waals surface area contributed by atoms with Crippen LogP contribution < -0.4 is 10.9 Å². The number of anilines is 1. The summed E-state index contributed by atoms with van der Waals surface area (Å²) in [5.41, 5.74) is -0.383. The van der Waals surface area contributed by atoms with E-state index in [4.69, 9.17) is 4.74 Å². The van der Waals surface area contributed by atoms with Crippen molar-refractivity contribution in [3.8, 4) is 0 Å². The molecule has 0 bridgehead atoms. The quantitative estimate of drug-likeness (QED) is 0.556. The third-order valence-electron chi connectivity index (χ3n) is 4.32. The summed E-state index contributed by atoms with van der Waals surface area (Å²) in [6.45, 7) is -0.565. The molecule has 162 valence electrons. The van der Waals surface area contributed by atoms with E-state index in [1.165, 1.54) is 0 Å². The van der Waals surface area contributed by atoms with Crippen LogP contribution in [0.15, 0.2) is 53.3 Å². The van der Waals surface area contributed by atoms with Gasteiger partial charge in [-0.25, -0.2) is 4.98 Å². The first kappa shape index (κ1) is 22.0. The van der Waals surface area contributed by atoms with Gasteiger partial charge >= 0.3 is 12.1 Å². The first-order valence-corrected chi connectivity index (χ1v) is 9.33. The number of carbonyl (C=O) groups excluding carboxylic acids is 2. The van der Waals surface area contributed by atoms with Gasteiger partial charge in [0.2, 0.25) is 0 Å². The van der Waals surface area contributed by atoms with Crippen LogP contribution in [-0.4, -0.2) is 28.5 Å². The second-order valence-electron chi connectivity index (χ2n) is 6.67. The summed E-state index contributed by atoms with van der Waals surface area (Å²) in [7, 11) is 0. The Balaban J connectivity index is 1.42. The van der Waals surface area contributed by atoms with E-state index in [1.54, 1.807) is 24.3 Å². The van der Waals surface area contributed by atoms with Crippen LogP contribution >= 0.6 is 0 Å². The molecule has 0 aliphatic carbocycles. The number of carbonyl (C=O) groups is 2. The fourth-order valence-electron chi connectivity index (χ4n) is 2.81. The Morgan fingerprint density at radius 3 is 2.48 bits per heavy atom. The predicted octanol–water partition coefficient (Wildman–Crippen LogP) is 3.45. The fraction of sp³-hybridized carbons (Fsp3) is 0.238. The molecule has 31 heavy (non-hydrogen) atoms. The predicted molar refractivity (Wildman–Crippen MR) is 106 cm³/mol. The van der Waals surface area contributed by atoms with Gasteiger partial charge in [0.1, 0.15) is 5.82 Å². The lowest BCUT2D eigenvalue weighted by Gasteiger charge is -2.09. The second kappa shape index (κ2) is 9.41. The van der Waals surface area contributed by atoms with Crippen LogP contribution in [0.4, 0.5) is 18.9 Å². The van der Waals surface area contributed by atoms with Gasteiger partial charge in [-0.2, -0.15) is 13.2 Å². The summed E-state index contributed by atoms with van der Waals surface area (Å²) in [5, 5.41) is 2.82. The summed E-state index contributed by atoms with van der Waals surface area (Å²) in [5.74, 6) is -0.851. The Kier molecular flexibility index (Phi) is 6.68. The van der Waals surface area contributed by atoms with Crippen LogP contribution in [0.1, 0.15) is 24.2 Å². The molecule has 3 aromatic rings. The first-order valence-electron chi connectivity index (χ1n) is 9.33. The van der Waals surface area contributed by atoms with Gasteiger partial charge in [-0.05, 0) is 42.8 Å². The third-order valence-corrected chi connectivity index (χ3v) is 4.32. The molecule has 0 saturated heterocycles. The number of rotatable bonds is 7. The Labute approximate surface area is 174 Å². The van der Waals surface area contributed by atoms with Gasteiger partial charge in [0.05, 0.1) is 16.5 Å². The Hall–Kier alpha value is -3.69. The maximum Gasteiger partial charge on any atom is 0.416 e. The van der Waals surface area contributed by atoms with Crippen molar-refractivity contribution in [1.82, 2.24) is 9.97 Å². The second-order valence-corrected chi connectivity index (χ2v) is 6.67. The lowest BCUT2D eigenvalue weighted by Crippen LogP contribution is -2.21. The fourth-order valence-corrected chi connectivity index (χ4v) is 2.81. The van der Waals surface area contributed by atoms with Crippen molar-refractivity contribution in [3.05, 3.63) is 70.3 Å². The van der Waals surface area contributed by atoms with E-state index in [0.717, 1.165) is 24.3 Å². The molecule has 0 spiro atoms. The third kappa shape index (κ3) is 6.14. The van der Waals surface area contributed by atoms with E-state index in [-0.39, 0.29) is 17.7 Å². The molecular weight excluding hydrogens is 415 g/mol. The summed E-state index contributed by atoms with van der Waals surface area (Å²) in [6.07, 6.45) is -3.77. The Morgan fingerprint density at radius 2 is 1.77 bits per heavy atom. The molecule has 1 aromatic heterocycles. The van der Waals surface area contributed by atoms with E-state index in [9.17, 15) is 27.6 Å². The number of amides is 1. The number of aromatic amines is 1. The highest BCUT2D eigenvalue weighted by molar-refractivity contribution is 5.92. The van der Waals surface area contributed by atoms with Crippen LogP contribution in [0.5, 0.6) is 0 Å². The topological polar surface area (TPSA) is 101 Å². The molecule has 0 aliphatic heterocycles. The van der Waals surface area contributed by atoms with Gasteiger partial charge < -0.3 is 15.0 Å². The van der Waals surface area contributed by atoms with Gasteiger partial charge in [0.25, 0.3) is 11.5 Å². The van der Waals surface area contributed by atoms with Gasteiger partial charge in [0, 0.05) is 18.5 Å². The minimum Gasteiger partial charge on any atom is -0.456 e. The molecule has 0 aliphatic rings. The standard InChI is InChI=1S/C21H18F3N3O4/c22-21(23,24)13-8-10-14(11-9-13)25-18(28)12-31-19(29)7-3-6-17-26-16-5-2-1-4-15(16)20(30)27-17/h1-2,4-5,8-11H,3,6-7,12H2,(H,25,28)(H,26,27,30). The van der Waals surface area contributed by atoms with Crippen molar-refractivity contribution in [2.24, 2.45) is 0 Å². The van der Waals surface area contributed by atoms with Crippen molar-refractivity contribution in [1.29, 1.82) is 0 Å². The maximum atomic E-state index is 12.5. The number of halogens is 3. The SMILES string of the molecule is O=C(COC(=O)CCCc1nc2ccccc2c(=O)[nH]1)Nc1ccc(C(F)(F)F)cc1. The number of aromatic nitrogens is 2. The van der Waals surface area contributed by atoms with Gasteiger partial charge in [-0.1, -0.05) is 12.1 Å². The maximum absolute atomic E-state index is 12.5. The number of para-hydroxylation sites is 1. The number of ether oxygens (including phenoxy) is 1. The zero-order chi connectivity index (χ0) is 22.4. The summed E-state index contributed by atoms with van der Waals surface area (Å²) in [4.78, 5) is 42.6. The van der Waals surface area contributed by atoms with Gasteiger partial charge in [-0.15, -0.1) is 0 Å². The van der Waals surface area contributed by atoms with Crippen LogP contribution in [0.25, 0.3) is 10.9 Å². The highest BCUT2D eigenvalue weighted by atomic mass is 19.4. The van der Waals surface area contributed by atoms with Crippen LogP contribution in [0, 0.1) is 0 Å². The summed E-state index contributed by atoms with van der Waals surface area (Å²) in [6, 6.07) is 10.8. The molecule has 0 radical (unpaired) electrons. The number of nitrogens with zero attached hydrogens (tertiary/aromatic N) is 1. The highest BCUT2D eigenvalue weighted by Crippen LogP contribution is 2.29. The number of esters is 1. The number of fused-ring (bicyclic) bond motifs is 1. The monoisotopic (exact) mass is 433 g/mol. The van der Waals surface area contributed by atoms with Crippen molar-refractivity contribution in [3.63, 3.8) is 0 Å². The van der Waals surface area contributed by atoms with E-state index in [2.05, 4.69) is 15.3 Å². The van der Waals surface area contributed by atoms with Crippen molar-refractivity contribution < 1.29 is 27.5 Å². The average molecular weight is 433 g/mol. The normalized spacial score (nSPS) is 11.3. The van der Waals surface area contributed by atoms with Crippen LogP contribution in [0.2, 0.25) is 0 Å². The van der Waals surface area contributed by atoms with Crippen molar-refractivity contribution >= 4 is 28.5 Å². The largest absolute Gasteiger partial charge is 0.456 e. The van der Waals surface area contributed by atoms with Crippen molar-refractivity contribution in [2.75, 3.05) is 11.9 Å². The summed E-state index contributed by atoms with van der Waals surface area (Å²) < 4.78 is 42.4. The number of hydrogen-bond donors (Lipinski definition) is 2. The molecule has 2 aromatic carbocycles. The number of nitrogens with one attached hydrogen (secondary N) is 2. The number of alkyl halides is 3. The number of hydrogen-bond acceptors (Lipinski definition) is 5. The molecule has 1 heterocycles. The first-order chi connectivity index (χ1) is 14.7. The molecule has 2 N–H and O–H groups in total. The molecular formula is C21H18F3N3O4. The highest BCUT2D eigenvalue weighted by Gasteiger charge is 2.30. The Morgan fingerprint density at radius 1 is 1.06 bits per heavy atom. The molecule has 0 unspecified atom stereocenters. The van der Waals surface area contributed by atoms with Crippen molar-refractivity contribution in [2.45, 2.75) is 25.4 Å². The number of benzene rings is 2. The zero-order valence-electron chi connectivity index (χ0n) is 16.2. The van der Waals surface area contributed by atoms with E-state index in [1.807, 2.05) is 0 Å². The lowest BCUT2D eigenvalue weighted by atomic mass is 10.2. The van der Waals surface area contributed by atoms with Crippen LogP contribution in [-0.2, 0) is 26.9 Å². The minimum atomic E-state index is -4.46. The zero-order valence-corrected chi connectivity index (χ0v) is 16.2. The molecule has 1 amide bonds. The minimum absolute atomic E-state index is 0.00406. The molecule has 0 saturated carbocycles. The summed E-state index contributed by atoms with van der Waals surface area (Å²) >= 11 is 0. The van der Waals surface area contributed by atoms with E-state index < -0.39 is 30.2 Å².